The molecule has 2 rings (SSSR count). The third-order valence-corrected chi connectivity index (χ3v) is 2.99. The van der Waals surface area contributed by atoms with Crippen LogP contribution in [0, 0.1) is 6.92 Å². The van der Waals surface area contributed by atoms with Gasteiger partial charge in [-0.25, -0.2) is 4.98 Å². The number of nitrogens with zero attached hydrogens (tertiary/aromatic N) is 1. The lowest BCUT2D eigenvalue weighted by atomic mass is 10.1. The van der Waals surface area contributed by atoms with E-state index in [1.54, 1.807) is 11.8 Å². The van der Waals surface area contributed by atoms with Crippen molar-refractivity contribution in [3.63, 3.8) is 0 Å². The molecule has 1 nitrogen and oxygen atoms in total. The second kappa shape index (κ2) is 4.01. The Labute approximate surface area is 88.6 Å². The molecule has 1 heterocycles. The molecule has 0 N–H and O–H groups in total. The molecule has 0 saturated heterocycles. The minimum absolute atomic E-state index is 1.07. The van der Waals surface area contributed by atoms with Gasteiger partial charge in [0.2, 0.25) is 0 Å². The second-order valence-electron chi connectivity index (χ2n) is 3.23. The highest BCUT2D eigenvalue weighted by atomic mass is 32.2. The highest BCUT2D eigenvalue weighted by Crippen LogP contribution is 2.22. The van der Waals surface area contributed by atoms with E-state index in [9.17, 15) is 0 Å². The zero-order valence-corrected chi connectivity index (χ0v) is 9.27. The maximum absolute atomic E-state index is 4.59. The molecular formula is C12H13NS. The molecule has 2 aromatic rings. The maximum Gasteiger partial charge on any atom is 0.0970 e. The van der Waals surface area contributed by atoms with E-state index >= 15 is 0 Å². The molecule has 1 aromatic heterocycles. The fourth-order valence-corrected chi connectivity index (χ4v) is 2.26. The number of aromatic nitrogens is 1. The van der Waals surface area contributed by atoms with Gasteiger partial charge in [0, 0.05) is 5.39 Å². The van der Waals surface area contributed by atoms with Gasteiger partial charge in [0.1, 0.15) is 0 Å². The number of aryl methyl sites for hydroxylation is 1. The Balaban J connectivity index is 2.60. The van der Waals surface area contributed by atoms with Crippen molar-refractivity contribution in [2.24, 2.45) is 0 Å². The van der Waals surface area contributed by atoms with E-state index in [1.165, 1.54) is 10.9 Å². The average molecular weight is 203 g/mol. The minimum Gasteiger partial charge on any atom is -0.241 e. The standard InChI is InChI=1S/C12H13NS/c1-3-14-12-8-9(2)10-6-4-5-7-11(10)13-12/h4-8H,3H2,1-2H3. The van der Waals surface area contributed by atoms with E-state index in [4.69, 9.17) is 0 Å². The molecular weight excluding hydrogens is 190 g/mol. The van der Waals surface area contributed by atoms with Crippen molar-refractivity contribution in [1.82, 2.24) is 4.98 Å². The van der Waals surface area contributed by atoms with Crippen LogP contribution >= 0.6 is 11.8 Å². The van der Waals surface area contributed by atoms with Crippen molar-refractivity contribution in [2.75, 3.05) is 5.75 Å². The van der Waals surface area contributed by atoms with Gasteiger partial charge < -0.3 is 0 Å². The van der Waals surface area contributed by atoms with E-state index in [-0.39, 0.29) is 0 Å². The molecule has 72 valence electrons. The number of benzene rings is 1. The fraction of sp³-hybridized carbons (Fsp3) is 0.250. The van der Waals surface area contributed by atoms with Crippen LogP contribution in [0.25, 0.3) is 10.9 Å². The van der Waals surface area contributed by atoms with Gasteiger partial charge in [-0.15, -0.1) is 11.8 Å². The van der Waals surface area contributed by atoms with Crippen LogP contribution in [-0.4, -0.2) is 10.7 Å². The van der Waals surface area contributed by atoms with Gasteiger partial charge in [-0.3, -0.25) is 0 Å². The Kier molecular flexibility index (Phi) is 2.73. The highest BCUT2D eigenvalue weighted by Gasteiger charge is 2.01. The monoisotopic (exact) mass is 203 g/mol. The Hall–Kier alpha value is -1.02. The van der Waals surface area contributed by atoms with Crippen LogP contribution in [0.4, 0.5) is 0 Å². The van der Waals surface area contributed by atoms with Crippen molar-refractivity contribution in [1.29, 1.82) is 0 Å². The number of rotatable bonds is 2. The highest BCUT2D eigenvalue weighted by molar-refractivity contribution is 7.99. The van der Waals surface area contributed by atoms with Gasteiger partial charge >= 0.3 is 0 Å². The van der Waals surface area contributed by atoms with Crippen LogP contribution < -0.4 is 0 Å². The van der Waals surface area contributed by atoms with Crippen LogP contribution in [-0.2, 0) is 0 Å². The zero-order chi connectivity index (χ0) is 9.97. The smallest absolute Gasteiger partial charge is 0.0970 e. The van der Waals surface area contributed by atoms with Gasteiger partial charge in [0.05, 0.1) is 10.5 Å². The van der Waals surface area contributed by atoms with Crippen LogP contribution in [0.3, 0.4) is 0 Å². The first kappa shape index (κ1) is 9.53. The fourth-order valence-electron chi connectivity index (χ4n) is 1.54. The number of para-hydroxylation sites is 1. The first-order valence-corrected chi connectivity index (χ1v) is 5.79. The topological polar surface area (TPSA) is 12.9 Å². The molecule has 0 bridgehead atoms. The third-order valence-electron chi connectivity index (χ3n) is 2.19. The number of hydrogen-bond acceptors (Lipinski definition) is 2. The Morgan fingerprint density at radius 2 is 2.07 bits per heavy atom. The quantitative estimate of drug-likeness (QED) is 0.691. The molecule has 14 heavy (non-hydrogen) atoms. The molecule has 0 fully saturated rings. The van der Waals surface area contributed by atoms with Gasteiger partial charge in [0.15, 0.2) is 0 Å². The molecule has 0 aliphatic heterocycles. The lowest BCUT2D eigenvalue weighted by Crippen LogP contribution is -1.86. The van der Waals surface area contributed by atoms with Crippen molar-refractivity contribution in [2.45, 2.75) is 18.9 Å². The summed E-state index contributed by atoms with van der Waals surface area (Å²) in [6.45, 7) is 4.29. The predicted molar refractivity (Wildman–Crippen MR) is 62.9 cm³/mol. The number of hydrogen-bond donors (Lipinski definition) is 0. The van der Waals surface area contributed by atoms with Gasteiger partial charge in [-0.1, -0.05) is 25.1 Å². The summed E-state index contributed by atoms with van der Waals surface area (Å²) in [5.41, 5.74) is 2.41. The second-order valence-corrected chi connectivity index (χ2v) is 4.51. The molecule has 0 aliphatic carbocycles. The minimum atomic E-state index is 1.07. The Morgan fingerprint density at radius 3 is 2.86 bits per heavy atom. The normalized spacial score (nSPS) is 10.7. The van der Waals surface area contributed by atoms with E-state index in [1.807, 2.05) is 6.07 Å². The number of fused-ring (bicyclic) bond motifs is 1. The van der Waals surface area contributed by atoms with Crippen LogP contribution in [0.1, 0.15) is 12.5 Å². The summed E-state index contributed by atoms with van der Waals surface area (Å²) in [5.74, 6) is 1.07. The number of thioether (sulfide) groups is 1. The van der Waals surface area contributed by atoms with Crippen molar-refractivity contribution in [3.05, 3.63) is 35.9 Å². The summed E-state index contributed by atoms with van der Waals surface area (Å²) >= 11 is 1.79. The lowest BCUT2D eigenvalue weighted by molar-refractivity contribution is 1.17. The third kappa shape index (κ3) is 1.75. The average Bonchev–Trinajstić information content (AvgIpc) is 2.18. The van der Waals surface area contributed by atoms with Gasteiger partial charge in [-0.05, 0) is 30.4 Å². The Bertz CT molecular complexity index is 451. The largest absolute Gasteiger partial charge is 0.241 e. The molecule has 0 atom stereocenters. The summed E-state index contributed by atoms with van der Waals surface area (Å²) in [4.78, 5) is 4.59. The van der Waals surface area contributed by atoms with Crippen LogP contribution in [0.2, 0.25) is 0 Å². The summed E-state index contributed by atoms with van der Waals surface area (Å²) in [6, 6.07) is 10.5. The lowest BCUT2D eigenvalue weighted by Gasteiger charge is -2.04. The summed E-state index contributed by atoms with van der Waals surface area (Å²) in [7, 11) is 0. The van der Waals surface area contributed by atoms with Crippen molar-refractivity contribution < 1.29 is 0 Å². The zero-order valence-electron chi connectivity index (χ0n) is 8.45. The van der Waals surface area contributed by atoms with E-state index in [2.05, 4.69) is 43.1 Å². The van der Waals surface area contributed by atoms with Crippen LogP contribution in [0.15, 0.2) is 35.4 Å². The van der Waals surface area contributed by atoms with Crippen molar-refractivity contribution >= 4 is 22.7 Å². The summed E-state index contributed by atoms with van der Waals surface area (Å²) in [6.07, 6.45) is 0. The molecule has 0 unspecified atom stereocenters. The first-order valence-electron chi connectivity index (χ1n) is 4.80. The van der Waals surface area contributed by atoms with E-state index < -0.39 is 0 Å². The molecule has 0 radical (unpaired) electrons. The van der Waals surface area contributed by atoms with Crippen LogP contribution in [0.5, 0.6) is 0 Å². The Morgan fingerprint density at radius 1 is 1.29 bits per heavy atom. The van der Waals surface area contributed by atoms with E-state index in [0.29, 0.717) is 0 Å². The molecule has 0 amide bonds. The number of pyridine rings is 1. The predicted octanol–water partition coefficient (Wildman–Crippen LogP) is 3.66. The van der Waals surface area contributed by atoms with Crippen molar-refractivity contribution in [3.8, 4) is 0 Å². The van der Waals surface area contributed by atoms with Gasteiger partial charge in [-0.2, -0.15) is 0 Å². The maximum atomic E-state index is 4.59. The SMILES string of the molecule is CCSc1cc(C)c2ccccc2n1. The van der Waals surface area contributed by atoms with E-state index in [0.717, 1.165) is 16.3 Å². The summed E-state index contributed by atoms with van der Waals surface area (Å²) < 4.78 is 0. The molecule has 0 spiro atoms. The summed E-state index contributed by atoms with van der Waals surface area (Å²) in [5, 5.41) is 2.39. The molecule has 1 aromatic carbocycles. The molecule has 0 aliphatic rings. The van der Waals surface area contributed by atoms with Gasteiger partial charge in [0.25, 0.3) is 0 Å². The first-order chi connectivity index (χ1) is 6.81. The molecule has 2 heteroatoms. The molecule has 0 saturated carbocycles.